The van der Waals surface area contributed by atoms with Gasteiger partial charge in [-0.1, -0.05) is 60.0 Å². The minimum absolute atomic E-state index is 0.00428. The van der Waals surface area contributed by atoms with E-state index in [-0.39, 0.29) is 27.4 Å². The van der Waals surface area contributed by atoms with Crippen LogP contribution in [0.15, 0.2) is 48.2 Å². The van der Waals surface area contributed by atoms with Crippen LogP contribution in [0, 0.1) is 35.5 Å². The van der Waals surface area contributed by atoms with Crippen molar-refractivity contribution in [2.75, 3.05) is 12.4 Å². The van der Waals surface area contributed by atoms with Crippen LogP contribution in [0.5, 0.6) is 0 Å². The largest absolute Gasteiger partial charge is 0.399 e. The second-order valence-electron chi connectivity index (χ2n) is 11.1. The SMILES string of the molecule is CC(=N)N(C)C(=O)C1CC1.CC/C(C)=C/Nc1ccc(/C=C/C(c2cc(C)c(Cl)c(Cl)c2)C(F)(F)F)cc1C#N.O=CC1CC1. The molecule has 0 saturated heterocycles. The summed E-state index contributed by atoms with van der Waals surface area (Å²) in [6.45, 7) is 7.20. The molecule has 2 N–H and O–H groups in total. The summed E-state index contributed by atoms with van der Waals surface area (Å²) in [4.78, 5) is 22.1. The highest BCUT2D eigenvalue weighted by molar-refractivity contribution is 6.42. The maximum absolute atomic E-state index is 13.7. The number of amidine groups is 1. The standard InChI is InChI=1S/C23H21Cl2F3N2.C7H12N2O.C4H6O/c1-4-14(2)13-30-21-8-6-16(10-18(21)12-29)5-7-19(23(26,27)28)17-9-15(3)22(25)20(24)11-17;1-5(8)9(2)7(10)6-3-4-6;5-3-4-1-2-4/h5-11,13,19,30H,4H2,1-3H3;6,8H,3-4H2,1-2H3;3-4H,1-2H2/b7-5+,14-13+;;. The number of aryl methyl sites for hydroxylation is 1. The molecule has 1 unspecified atom stereocenters. The first-order valence-electron chi connectivity index (χ1n) is 14.6. The van der Waals surface area contributed by atoms with Crippen LogP contribution in [0.25, 0.3) is 6.08 Å². The molecule has 6 nitrogen and oxygen atoms in total. The van der Waals surface area contributed by atoms with E-state index in [1.165, 1.54) is 23.1 Å². The fraction of sp³-hybridized carbons (Fsp3) is 0.412. The van der Waals surface area contributed by atoms with Crippen molar-refractivity contribution in [1.82, 2.24) is 4.90 Å². The minimum atomic E-state index is -4.51. The molecule has 4 rings (SSSR count). The van der Waals surface area contributed by atoms with Crippen molar-refractivity contribution in [3.63, 3.8) is 0 Å². The van der Waals surface area contributed by atoms with Crippen LogP contribution in [-0.2, 0) is 9.59 Å². The number of amides is 1. The molecule has 11 heteroatoms. The molecule has 0 bridgehead atoms. The van der Waals surface area contributed by atoms with E-state index < -0.39 is 12.1 Å². The Hall–Kier alpha value is -3.61. The number of benzene rings is 2. The van der Waals surface area contributed by atoms with Gasteiger partial charge in [-0.25, -0.2) is 0 Å². The number of allylic oxidation sites excluding steroid dienone is 2. The minimum Gasteiger partial charge on any atom is -0.361 e. The van der Waals surface area contributed by atoms with Gasteiger partial charge in [0.2, 0.25) is 5.91 Å². The number of halogens is 5. The number of anilines is 1. The van der Waals surface area contributed by atoms with Crippen molar-refractivity contribution in [2.24, 2.45) is 11.8 Å². The summed E-state index contributed by atoms with van der Waals surface area (Å²) in [6, 6.07) is 9.55. The molecule has 45 heavy (non-hydrogen) atoms. The number of aldehydes is 1. The molecule has 1 atom stereocenters. The highest BCUT2D eigenvalue weighted by atomic mass is 35.5. The second-order valence-corrected chi connectivity index (χ2v) is 11.9. The molecule has 1 amide bonds. The first-order valence-corrected chi connectivity index (χ1v) is 15.3. The highest BCUT2D eigenvalue weighted by Gasteiger charge is 2.39. The Labute approximate surface area is 273 Å². The average molecular weight is 664 g/mol. The zero-order chi connectivity index (χ0) is 33.9. The van der Waals surface area contributed by atoms with Crippen LogP contribution >= 0.6 is 23.2 Å². The Kier molecular flexibility index (Phi) is 14.3. The number of alkyl halides is 3. The number of carbonyl (C=O) groups excluding carboxylic acids is 2. The van der Waals surface area contributed by atoms with E-state index in [9.17, 15) is 28.0 Å². The molecule has 0 heterocycles. The van der Waals surface area contributed by atoms with Crippen LogP contribution in [0.2, 0.25) is 10.0 Å². The lowest BCUT2D eigenvalue weighted by Crippen LogP contribution is -2.31. The van der Waals surface area contributed by atoms with Crippen LogP contribution in [-0.4, -0.2) is 36.2 Å². The molecule has 2 aliphatic rings. The topological polar surface area (TPSA) is 97.1 Å². The first-order chi connectivity index (χ1) is 21.1. The third-order valence-corrected chi connectivity index (χ3v) is 8.09. The van der Waals surface area contributed by atoms with Gasteiger partial charge >= 0.3 is 6.18 Å². The summed E-state index contributed by atoms with van der Waals surface area (Å²) in [6.07, 6.45) is 5.90. The van der Waals surface area contributed by atoms with Crippen LogP contribution in [0.4, 0.5) is 18.9 Å². The molecule has 242 valence electrons. The van der Waals surface area contributed by atoms with E-state index in [1.54, 1.807) is 45.3 Å². The van der Waals surface area contributed by atoms with Crippen LogP contribution < -0.4 is 5.32 Å². The lowest BCUT2D eigenvalue weighted by atomic mass is 9.95. The Morgan fingerprint density at radius 3 is 2.27 bits per heavy atom. The predicted octanol–water partition coefficient (Wildman–Crippen LogP) is 9.71. The number of nitriles is 1. The van der Waals surface area contributed by atoms with Crippen molar-refractivity contribution in [1.29, 1.82) is 10.7 Å². The van der Waals surface area contributed by atoms with E-state index >= 15 is 0 Å². The normalized spacial score (nSPS) is 15.1. The Morgan fingerprint density at radius 1 is 1.18 bits per heavy atom. The van der Waals surface area contributed by atoms with Crippen LogP contribution in [0.3, 0.4) is 0 Å². The fourth-order valence-corrected chi connectivity index (χ4v) is 4.12. The van der Waals surface area contributed by atoms with Crippen molar-refractivity contribution < 1.29 is 22.8 Å². The fourth-order valence-electron chi connectivity index (χ4n) is 3.74. The summed E-state index contributed by atoms with van der Waals surface area (Å²) in [5, 5.41) is 19.9. The lowest BCUT2D eigenvalue weighted by Gasteiger charge is -2.19. The van der Waals surface area contributed by atoms with Crippen molar-refractivity contribution in [3.05, 3.63) is 80.5 Å². The zero-order valence-electron chi connectivity index (χ0n) is 26.1. The quantitative estimate of drug-likeness (QED) is 0.167. The summed E-state index contributed by atoms with van der Waals surface area (Å²) >= 11 is 12.0. The van der Waals surface area contributed by atoms with Gasteiger partial charge in [0, 0.05) is 18.9 Å². The molecule has 0 aromatic heterocycles. The third kappa shape index (κ3) is 12.4. The monoisotopic (exact) mass is 662 g/mol. The van der Waals surface area contributed by atoms with Crippen molar-refractivity contribution in [2.45, 2.75) is 71.9 Å². The van der Waals surface area contributed by atoms with Gasteiger partial charge < -0.3 is 15.0 Å². The summed E-state index contributed by atoms with van der Waals surface area (Å²) in [5.41, 5.74) is 3.00. The van der Waals surface area contributed by atoms with E-state index in [2.05, 4.69) is 11.4 Å². The maximum atomic E-state index is 13.7. The van der Waals surface area contributed by atoms with Gasteiger partial charge in [-0.05, 0) is 94.0 Å². The molecule has 2 saturated carbocycles. The molecule has 0 radical (unpaired) electrons. The van der Waals surface area contributed by atoms with Gasteiger partial charge in [-0.15, -0.1) is 0 Å². The lowest BCUT2D eigenvalue weighted by molar-refractivity contribution is -0.139. The van der Waals surface area contributed by atoms with Gasteiger partial charge in [0.1, 0.15) is 12.4 Å². The Morgan fingerprint density at radius 2 is 1.82 bits per heavy atom. The predicted molar refractivity (Wildman–Crippen MR) is 176 cm³/mol. The smallest absolute Gasteiger partial charge is 0.361 e. The van der Waals surface area contributed by atoms with Crippen LogP contribution in [0.1, 0.15) is 81.0 Å². The second kappa shape index (κ2) is 17.2. The van der Waals surface area contributed by atoms with Gasteiger partial charge in [0.05, 0.1) is 33.0 Å². The Bertz CT molecular complexity index is 1450. The van der Waals surface area contributed by atoms with E-state index in [0.29, 0.717) is 34.1 Å². The molecule has 2 fully saturated rings. The summed E-state index contributed by atoms with van der Waals surface area (Å²) < 4.78 is 41.1. The number of hydrogen-bond donors (Lipinski definition) is 2. The molecule has 2 aliphatic carbocycles. The molecule has 2 aromatic carbocycles. The highest BCUT2D eigenvalue weighted by Crippen LogP contribution is 2.40. The van der Waals surface area contributed by atoms with Crippen molar-refractivity contribution >= 4 is 53.0 Å². The maximum Gasteiger partial charge on any atom is 0.399 e. The molecule has 0 aliphatic heterocycles. The molecular weight excluding hydrogens is 624 g/mol. The number of rotatable bonds is 8. The summed E-state index contributed by atoms with van der Waals surface area (Å²) in [5.74, 6) is -0.742. The van der Waals surface area contributed by atoms with E-state index in [1.807, 2.05) is 13.8 Å². The molecule has 2 aromatic rings. The molecule has 0 spiro atoms. The van der Waals surface area contributed by atoms with Gasteiger partial charge in [0.25, 0.3) is 0 Å². The van der Waals surface area contributed by atoms with Gasteiger partial charge in [-0.3, -0.25) is 10.2 Å². The molecular formula is C34H39Cl2F3N4O2. The number of hydrogen-bond acceptors (Lipinski definition) is 5. The van der Waals surface area contributed by atoms with E-state index in [0.717, 1.165) is 50.0 Å². The first kappa shape index (κ1) is 37.6. The average Bonchev–Trinajstić information content (AvgIpc) is 3.92. The van der Waals surface area contributed by atoms with E-state index in [4.69, 9.17) is 28.6 Å². The number of nitrogens with one attached hydrogen (secondary N) is 2. The van der Waals surface area contributed by atoms with Gasteiger partial charge in [0.15, 0.2) is 0 Å². The zero-order valence-corrected chi connectivity index (χ0v) is 27.6. The number of nitrogens with zero attached hydrogens (tertiary/aromatic N) is 2. The Balaban J connectivity index is 0.000000380. The van der Waals surface area contributed by atoms with Crippen molar-refractivity contribution in [3.8, 4) is 6.07 Å². The van der Waals surface area contributed by atoms with Gasteiger partial charge in [-0.2, -0.15) is 18.4 Å². The third-order valence-electron chi connectivity index (χ3n) is 7.20. The summed E-state index contributed by atoms with van der Waals surface area (Å²) in [7, 11) is 1.66. The number of carbonyl (C=O) groups is 2.